The van der Waals surface area contributed by atoms with E-state index in [-0.39, 0.29) is 16.8 Å². The van der Waals surface area contributed by atoms with Crippen molar-refractivity contribution in [3.8, 4) is 17.2 Å². The van der Waals surface area contributed by atoms with Crippen LogP contribution in [0.2, 0.25) is 0 Å². The number of methoxy groups -OCH3 is 3. The minimum absolute atomic E-state index is 0.00376. The quantitative estimate of drug-likeness (QED) is 0.445. The minimum Gasteiger partial charge on any atom is -0.493 e. The lowest BCUT2D eigenvalue weighted by Gasteiger charge is -2.35. The van der Waals surface area contributed by atoms with Crippen LogP contribution in [0.25, 0.3) is 6.08 Å². The van der Waals surface area contributed by atoms with Crippen molar-refractivity contribution in [3.63, 3.8) is 0 Å². The number of aromatic nitrogens is 1. The summed E-state index contributed by atoms with van der Waals surface area (Å²) in [5.74, 6) is 1.35. The fourth-order valence-corrected chi connectivity index (χ4v) is 6.32. The average molecular weight is 584 g/mol. The molecule has 192 valence electrons. The Kier molecular flexibility index (Phi) is 6.62. The second-order valence-electron chi connectivity index (χ2n) is 9.89. The van der Waals surface area contributed by atoms with Crippen LogP contribution in [0, 0.1) is 5.41 Å². The minimum atomic E-state index is -0.657. The summed E-state index contributed by atoms with van der Waals surface area (Å²) in [6, 6.07) is 10.7. The summed E-state index contributed by atoms with van der Waals surface area (Å²) in [7, 11) is 4.63. The van der Waals surface area contributed by atoms with Crippen LogP contribution in [0.4, 0.5) is 0 Å². The summed E-state index contributed by atoms with van der Waals surface area (Å²) < 4.78 is 19.8. The van der Waals surface area contributed by atoms with Crippen molar-refractivity contribution in [3.05, 3.63) is 83.0 Å². The third kappa shape index (κ3) is 4.55. The summed E-state index contributed by atoms with van der Waals surface area (Å²) in [4.78, 5) is 32.9. The number of carbonyl (C=O) groups excluding carboxylic acids is 1. The molecule has 9 heteroatoms. The van der Waals surface area contributed by atoms with E-state index in [1.54, 1.807) is 38.0 Å². The number of nitrogens with zero attached hydrogens (tertiary/aromatic N) is 2. The molecule has 2 heterocycles. The number of benzene rings is 2. The van der Waals surface area contributed by atoms with Crippen molar-refractivity contribution < 1.29 is 19.0 Å². The molecule has 1 aliphatic carbocycles. The van der Waals surface area contributed by atoms with Crippen molar-refractivity contribution in [2.24, 2.45) is 10.4 Å². The first-order chi connectivity index (χ1) is 17.7. The zero-order chi connectivity index (χ0) is 26.5. The van der Waals surface area contributed by atoms with E-state index in [1.807, 2.05) is 30.3 Å². The molecule has 0 saturated heterocycles. The number of halogens is 1. The zero-order valence-corrected chi connectivity index (χ0v) is 23.7. The Morgan fingerprint density at radius 1 is 1.03 bits per heavy atom. The highest BCUT2D eigenvalue weighted by Crippen LogP contribution is 2.46. The molecule has 7 nitrogen and oxygen atoms in total. The molecule has 1 unspecified atom stereocenters. The first-order valence-electron chi connectivity index (χ1n) is 11.8. The van der Waals surface area contributed by atoms with Crippen molar-refractivity contribution in [1.82, 2.24) is 4.57 Å². The maximum atomic E-state index is 13.9. The van der Waals surface area contributed by atoms with E-state index in [9.17, 15) is 9.59 Å². The van der Waals surface area contributed by atoms with Crippen LogP contribution in [0.5, 0.6) is 17.2 Å². The zero-order valence-electron chi connectivity index (χ0n) is 21.3. The van der Waals surface area contributed by atoms with E-state index in [2.05, 4.69) is 29.8 Å². The first-order valence-corrected chi connectivity index (χ1v) is 13.4. The average Bonchev–Trinajstić information content (AvgIpc) is 3.16. The molecular formula is C28H27BrN2O5S. The van der Waals surface area contributed by atoms with Crippen molar-refractivity contribution in [1.29, 1.82) is 0 Å². The van der Waals surface area contributed by atoms with Crippen LogP contribution >= 0.6 is 27.3 Å². The highest BCUT2D eigenvalue weighted by molar-refractivity contribution is 9.10. The molecule has 0 N–H and O–H groups in total. The Labute approximate surface area is 226 Å². The van der Waals surface area contributed by atoms with Gasteiger partial charge in [0.1, 0.15) is 0 Å². The molecule has 37 heavy (non-hydrogen) atoms. The lowest BCUT2D eigenvalue weighted by atomic mass is 9.73. The van der Waals surface area contributed by atoms with Crippen LogP contribution in [0.3, 0.4) is 0 Å². The SMILES string of the molecule is COc1cc(C2C3=C(CC(C)(C)CC3=O)N=c3sc(=Cc4ccc(Br)cc4)c(=O)n32)cc(OC)c1OC. The second kappa shape index (κ2) is 9.61. The first kappa shape index (κ1) is 25.5. The van der Waals surface area contributed by atoms with Gasteiger partial charge in [0, 0.05) is 16.5 Å². The summed E-state index contributed by atoms with van der Waals surface area (Å²) in [5, 5.41) is 0. The lowest BCUT2D eigenvalue weighted by Crippen LogP contribution is -2.42. The predicted octanol–water partition coefficient (Wildman–Crippen LogP) is 4.39. The van der Waals surface area contributed by atoms with Gasteiger partial charge < -0.3 is 14.2 Å². The van der Waals surface area contributed by atoms with Gasteiger partial charge in [-0.25, -0.2) is 4.99 Å². The van der Waals surface area contributed by atoms with E-state index < -0.39 is 6.04 Å². The van der Waals surface area contributed by atoms with E-state index in [0.717, 1.165) is 15.7 Å². The Balaban J connectivity index is 1.80. The summed E-state index contributed by atoms with van der Waals surface area (Å²) in [5.41, 5.74) is 2.47. The number of ether oxygens (including phenoxy) is 3. The number of thiazole rings is 1. The Hall–Kier alpha value is -3.17. The molecule has 5 rings (SSSR count). The van der Waals surface area contributed by atoms with Crippen LogP contribution in [0.1, 0.15) is 43.9 Å². The molecule has 0 spiro atoms. The van der Waals surface area contributed by atoms with Gasteiger partial charge in [0.05, 0.1) is 37.6 Å². The number of carbonyl (C=O) groups is 1. The van der Waals surface area contributed by atoms with Crippen LogP contribution in [-0.2, 0) is 4.79 Å². The largest absolute Gasteiger partial charge is 0.493 e. The maximum absolute atomic E-state index is 13.9. The van der Waals surface area contributed by atoms with Crippen LogP contribution in [0.15, 0.2) is 61.9 Å². The number of allylic oxidation sites excluding steroid dienone is 2. The molecule has 0 bridgehead atoms. The van der Waals surface area contributed by atoms with Gasteiger partial charge in [-0.2, -0.15) is 0 Å². The third-order valence-electron chi connectivity index (χ3n) is 6.67. The van der Waals surface area contributed by atoms with Gasteiger partial charge in [0.15, 0.2) is 22.1 Å². The molecular weight excluding hydrogens is 556 g/mol. The molecule has 0 fully saturated rings. The number of Topliss-reactive ketones (excluding diaryl/α,β-unsaturated/α-hetero) is 1. The number of hydrogen-bond donors (Lipinski definition) is 0. The van der Waals surface area contributed by atoms with Crippen molar-refractivity contribution in [2.75, 3.05) is 21.3 Å². The standard InChI is InChI=1S/C28H27BrN2O5S/c1-28(2)13-18-23(19(32)14-28)24(16-11-20(34-3)25(36-5)21(12-16)35-4)31-26(33)22(37-27(31)30-18)10-15-6-8-17(29)9-7-15/h6-12,24H,13-14H2,1-5H3. The molecule has 2 aliphatic rings. The molecule has 0 amide bonds. The molecule has 3 aromatic rings. The summed E-state index contributed by atoms with van der Waals surface area (Å²) in [6.07, 6.45) is 2.89. The number of ketones is 1. The normalized spacial score (nSPS) is 18.7. The van der Waals surface area contributed by atoms with Crippen molar-refractivity contribution in [2.45, 2.75) is 32.7 Å². The van der Waals surface area contributed by atoms with E-state index in [4.69, 9.17) is 19.2 Å². The smallest absolute Gasteiger partial charge is 0.271 e. The Bertz CT molecular complexity index is 1590. The molecule has 1 atom stereocenters. The summed E-state index contributed by atoms with van der Waals surface area (Å²) >= 11 is 4.78. The van der Waals surface area contributed by atoms with E-state index in [0.29, 0.717) is 50.6 Å². The number of hydrogen-bond acceptors (Lipinski definition) is 7. The molecule has 0 saturated carbocycles. The highest BCUT2D eigenvalue weighted by atomic mass is 79.9. The fraction of sp³-hybridized carbons (Fsp3) is 0.321. The maximum Gasteiger partial charge on any atom is 0.271 e. The number of fused-ring (bicyclic) bond motifs is 1. The van der Waals surface area contributed by atoms with Gasteiger partial charge in [-0.1, -0.05) is 53.2 Å². The third-order valence-corrected chi connectivity index (χ3v) is 8.18. The van der Waals surface area contributed by atoms with E-state index >= 15 is 0 Å². The van der Waals surface area contributed by atoms with Gasteiger partial charge >= 0.3 is 0 Å². The Morgan fingerprint density at radius 3 is 2.27 bits per heavy atom. The van der Waals surface area contributed by atoms with Gasteiger partial charge in [-0.05, 0) is 53.3 Å². The summed E-state index contributed by atoms with van der Waals surface area (Å²) in [6.45, 7) is 4.14. The second-order valence-corrected chi connectivity index (χ2v) is 11.8. The highest BCUT2D eigenvalue weighted by Gasteiger charge is 2.41. The van der Waals surface area contributed by atoms with Gasteiger partial charge in [0.25, 0.3) is 5.56 Å². The van der Waals surface area contributed by atoms with Gasteiger partial charge in [0.2, 0.25) is 5.75 Å². The monoisotopic (exact) mass is 582 g/mol. The van der Waals surface area contributed by atoms with Gasteiger partial charge in [-0.3, -0.25) is 14.2 Å². The molecule has 1 aromatic heterocycles. The van der Waals surface area contributed by atoms with E-state index in [1.165, 1.54) is 11.3 Å². The topological polar surface area (TPSA) is 79.1 Å². The van der Waals surface area contributed by atoms with Crippen molar-refractivity contribution >= 4 is 39.1 Å². The lowest BCUT2D eigenvalue weighted by molar-refractivity contribution is -0.118. The van der Waals surface area contributed by atoms with Crippen LogP contribution < -0.4 is 29.1 Å². The molecule has 2 aromatic carbocycles. The van der Waals surface area contributed by atoms with Crippen LogP contribution in [-0.4, -0.2) is 31.7 Å². The molecule has 0 radical (unpaired) electrons. The Morgan fingerprint density at radius 2 is 1.68 bits per heavy atom. The molecule has 1 aliphatic heterocycles. The van der Waals surface area contributed by atoms with Gasteiger partial charge in [-0.15, -0.1) is 0 Å². The fourth-order valence-electron chi connectivity index (χ4n) is 5.03. The predicted molar refractivity (Wildman–Crippen MR) is 146 cm³/mol. The number of rotatable bonds is 5.